The second-order valence-electron chi connectivity index (χ2n) is 6.78. The van der Waals surface area contributed by atoms with Crippen molar-refractivity contribution < 1.29 is 8.78 Å². The number of hydrogen-bond acceptors (Lipinski definition) is 0. The summed E-state index contributed by atoms with van der Waals surface area (Å²) in [6.07, 6.45) is 0. The van der Waals surface area contributed by atoms with Crippen LogP contribution in [0, 0.1) is 11.6 Å². The minimum Gasteiger partial charge on any atom is -0.207 e. The van der Waals surface area contributed by atoms with Crippen molar-refractivity contribution in [2.45, 2.75) is 12.3 Å². The second kappa shape index (κ2) is 6.62. The molecule has 0 saturated carbocycles. The van der Waals surface area contributed by atoms with Gasteiger partial charge in [-0.05, 0) is 57.7 Å². The maximum Gasteiger partial charge on any atom is 0.123 e. The number of halogens is 3. The third-order valence-corrected chi connectivity index (χ3v) is 6.61. The fraction of sp³-hybridized carbons (Fsp3) is 0.130. The normalized spacial score (nSPS) is 18.9. The van der Waals surface area contributed by atoms with Gasteiger partial charge in [-0.1, -0.05) is 78.0 Å². The SMILES string of the molecule is CC1(CI)C(c2cccc(F)c2)=C(c2cccc(F)c2)c2ccccc21. The molecular formula is C23H17F2I. The molecule has 0 spiro atoms. The van der Waals surface area contributed by atoms with Gasteiger partial charge in [-0.2, -0.15) is 0 Å². The average molecular weight is 458 g/mol. The van der Waals surface area contributed by atoms with Crippen molar-refractivity contribution in [3.63, 3.8) is 0 Å². The van der Waals surface area contributed by atoms with Crippen LogP contribution in [-0.4, -0.2) is 4.43 Å². The Morgan fingerprint density at radius 1 is 0.808 bits per heavy atom. The van der Waals surface area contributed by atoms with E-state index in [-0.39, 0.29) is 17.0 Å². The Morgan fingerprint density at radius 3 is 2.08 bits per heavy atom. The molecule has 3 aromatic rings. The van der Waals surface area contributed by atoms with Gasteiger partial charge < -0.3 is 0 Å². The molecule has 0 amide bonds. The summed E-state index contributed by atoms with van der Waals surface area (Å²) < 4.78 is 28.8. The van der Waals surface area contributed by atoms with Crippen LogP contribution in [-0.2, 0) is 5.41 Å². The first kappa shape index (κ1) is 17.4. The van der Waals surface area contributed by atoms with E-state index >= 15 is 0 Å². The first-order valence-corrected chi connectivity index (χ1v) is 9.99. The molecule has 3 heteroatoms. The van der Waals surface area contributed by atoms with Crippen LogP contribution in [0.5, 0.6) is 0 Å². The Balaban J connectivity index is 2.11. The summed E-state index contributed by atoms with van der Waals surface area (Å²) in [5.41, 5.74) is 5.74. The summed E-state index contributed by atoms with van der Waals surface area (Å²) in [7, 11) is 0. The summed E-state index contributed by atoms with van der Waals surface area (Å²) in [6, 6.07) is 21.6. The number of hydrogen-bond donors (Lipinski definition) is 0. The van der Waals surface area contributed by atoms with E-state index in [9.17, 15) is 8.78 Å². The van der Waals surface area contributed by atoms with Crippen molar-refractivity contribution in [2.75, 3.05) is 4.43 Å². The van der Waals surface area contributed by atoms with Gasteiger partial charge in [0.2, 0.25) is 0 Å². The molecule has 26 heavy (non-hydrogen) atoms. The number of rotatable bonds is 3. The minimum atomic E-state index is -0.271. The van der Waals surface area contributed by atoms with Crippen molar-refractivity contribution in [1.82, 2.24) is 0 Å². The Hall–Kier alpha value is -2.01. The van der Waals surface area contributed by atoms with E-state index in [0.29, 0.717) is 0 Å². The molecule has 0 heterocycles. The van der Waals surface area contributed by atoms with Gasteiger partial charge >= 0.3 is 0 Å². The highest BCUT2D eigenvalue weighted by Crippen LogP contribution is 2.53. The quantitative estimate of drug-likeness (QED) is 0.305. The maximum absolute atomic E-state index is 14.0. The number of fused-ring (bicyclic) bond motifs is 1. The Labute approximate surface area is 165 Å². The van der Waals surface area contributed by atoms with Crippen LogP contribution in [0.25, 0.3) is 11.1 Å². The van der Waals surface area contributed by atoms with Crippen LogP contribution in [0.1, 0.15) is 29.2 Å². The van der Waals surface area contributed by atoms with E-state index in [0.717, 1.165) is 32.3 Å². The molecule has 1 atom stereocenters. The van der Waals surface area contributed by atoms with Crippen LogP contribution >= 0.6 is 22.6 Å². The molecule has 3 aromatic carbocycles. The minimum absolute atomic E-state index is 0.264. The van der Waals surface area contributed by atoms with Gasteiger partial charge in [0.05, 0.1) is 0 Å². The lowest BCUT2D eigenvalue weighted by Gasteiger charge is -2.28. The summed E-state index contributed by atoms with van der Waals surface area (Å²) in [4.78, 5) is 0. The molecule has 1 aliphatic carbocycles. The molecule has 0 aromatic heterocycles. The average Bonchev–Trinajstić information content (AvgIpc) is 2.92. The van der Waals surface area contributed by atoms with Gasteiger partial charge in [0.1, 0.15) is 11.6 Å². The smallest absolute Gasteiger partial charge is 0.123 e. The summed E-state index contributed by atoms with van der Waals surface area (Å²) in [5.74, 6) is -0.533. The monoisotopic (exact) mass is 458 g/mol. The fourth-order valence-corrected chi connectivity index (χ4v) is 4.71. The van der Waals surface area contributed by atoms with Crippen LogP contribution in [0.2, 0.25) is 0 Å². The van der Waals surface area contributed by atoms with Crippen molar-refractivity contribution >= 4 is 33.7 Å². The lowest BCUT2D eigenvalue weighted by Crippen LogP contribution is -2.23. The molecule has 4 rings (SSSR count). The molecule has 0 fully saturated rings. The molecule has 0 nitrogen and oxygen atoms in total. The van der Waals surface area contributed by atoms with Crippen LogP contribution < -0.4 is 0 Å². The summed E-state index contributed by atoms with van der Waals surface area (Å²) >= 11 is 2.39. The van der Waals surface area contributed by atoms with E-state index in [2.05, 4.69) is 41.6 Å². The van der Waals surface area contributed by atoms with Crippen molar-refractivity contribution in [2.24, 2.45) is 0 Å². The van der Waals surface area contributed by atoms with Crippen molar-refractivity contribution in [1.29, 1.82) is 0 Å². The van der Waals surface area contributed by atoms with Gasteiger partial charge in [-0.25, -0.2) is 8.78 Å². The predicted molar refractivity (Wildman–Crippen MR) is 111 cm³/mol. The van der Waals surface area contributed by atoms with Gasteiger partial charge in [0.15, 0.2) is 0 Å². The van der Waals surface area contributed by atoms with E-state index in [1.165, 1.54) is 17.7 Å². The molecule has 0 N–H and O–H groups in total. The zero-order chi connectivity index (χ0) is 18.3. The van der Waals surface area contributed by atoms with E-state index in [1.54, 1.807) is 24.3 Å². The lowest BCUT2D eigenvalue weighted by atomic mass is 9.78. The maximum atomic E-state index is 14.0. The van der Waals surface area contributed by atoms with Gasteiger partial charge in [0.25, 0.3) is 0 Å². The highest BCUT2D eigenvalue weighted by molar-refractivity contribution is 14.1. The molecule has 0 aliphatic heterocycles. The molecule has 1 aliphatic rings. The molecule has 1 unspecified atom stereocenters. The number of benzene rings is 3. The first-order valence-electron chi connectivity index (χ1n) is 8.47. The molecule has 0 radical (unpaired) electrons. The van der Waals surface area contributed by atoms with Gasteiger partial charge in [-0.15, -0.1) is 0 Å². The van der Waals surface area contributed by atoms with E-state index < -0.39 is 0 Å². The molecule has 130 valence electrons. The van der Waals surface area contributed by atoms with Gasteiger partial charge in [0, 0.05) is 9.84 Å². The summed E-state index contributed by atoms with van der Waals surface area (Å²) in [5, 5.41) is 0. The first-order chi connectivity index (χ1) is 12.5. The van der Waals surface area contributed by atoms with E-state index in [4.69, 9.17) is 0 Å². The Kier molecular flexibility index (Phi) is 4.43. The van der Waals surface area contributed by atoms with Crippen molar-refractivity contribution in [3.05, 3.63) is 107 Å². The Morgan fingerprint density at radius 2 is 1.42 bits per heavy atom. The van der Waals surface area contributed by atoms with Crippen LogP contribution in [0.3, 0.4) is 0 Å². The zero-order valence-corrected chi connectivity index (χ0v) is 16.4. The molecular weight excluding hydrogens is 441 g/mol. The third-order valence-electron chi connectivity index (χ3n) is 5.09. The largest absolute Gasteiger partial charge is 0.207 e. The fourth-order valence-electron chi connectivity index (χ4n) is 3.92. The summed E-state index contributed by atoms with van der Waals surface area (Å²) in [6.45, 7) is 2.19. The molecule has 0 saturated heterocycles. The topological polar surface area (TPSA) is 0 Å². The highest BCUT2D eigenvalue weighted by Gasteiger charge is 2.41. The predicted octanol–water partition coefficient (Wildman–Crippen LogP) is 6.63. The number of allylic oxidation sites excluding steroid dienone is 1. The van der Waals surface area contributed by atoms with Gasteiger partial charge in [-0.3, -0.25) is 0 Å². The van der Waals surface area contributed by atoms with Crippen molar-refractivity contribution in [3.8, 4) is 0 Å². The second-order valence-corrected chi connectivity index (χ2v) is 7.54. The van der Waals surface area contributed by atoms with Crippen LogP contribution in [0.15, 0.2) is 72.8 Å². The van der Waals surface area contributed by atoms with Crippen LogP contribution in [0.4, 0.5) is 8.78 Å². The zero-order valence-electron chi connectivity index (χ0n) is 14.3. The standard InChI is InChI=1S/C23H17F2I/c1-23(14-26)20-11-3-2-10-19(20)21(15-6-4-8-17(24)12-15)22(23)16-7-5-9-18(25)13-16/h2-13H,14H2,1H3. The highest BCUT2D eigenvalue weighted by atomic mass is 127. The third kappa shape index (κ3) is 2.69. The lowest BCUT2D eigenvalue weighted by molar-refractivity contribution is 0.626. The number of alkyl halides is 1. The molecule has 0 bridgehead atoms. The van der Waals surface area contributed by atoms with E-state index in [1.807, 2.05) is 24.3 Å². The Bertz CT molecular complexity index is 1020.